The molecule has 1 aromatic carbocycles. The molecule has 1 fully saturated rings. The molecule has 1 atom stereocenters. The average molecular weight is 492 g/mol. The van der Waals surface area contributed by atoms with Gasteiger partial charge < -0.3 is 15.5 Å². The third-order valence-electron chi connectivity index (χ3n) is 7.11. The molecule has 3 aromatic rings. The average Bonchev–Trinajstić information content (AvgIpc) is 3.34. The van der Waals surface area contributed by atoms with Gasteiger partial charge in [-0.1, -0.05) is 35.5 Å². The third-order valence-corrected chi connectivity index (χ3v) is 7.11. The highest BCUT2D eigenvalue weighted by Gasteiger charge is 2.44. The summed E-state index contributed by atoms with van der Waals surface area (Å²) in [6.45, 7) is 2.03. The number of fused-ring (bicyclic) bond motifs is 2. The number of carbonyl (C=O) groups is 2. The Morgan fingerprint density at radius 2 is 1.86 bits per heavy atom. The third kappa shape index (κ3) is 5.22. The Morgan fingerprint density at radius 3 is 2.64 bits per heavy atom. The summed E-state index contributed by atoms with van der Waals surface area (Å²) in [7, 11) is 0. The van der Waals surface area contributed by atoms with E-state index in [1.54, 1.807) is 16.9 Å². The van der Waals surface area contributed by atoms with Gasteiger partial charge >= 0.3 is 0 Å². The number of amides is 2. The van der Waals surface area contributed by atoms with Gasteiger partial charge in [-0.15, -0.1) is 5.10 Å². The molecule has 1 saturated heterocycles. The Kier molecular flexibility index (Phi) is 6.92. The van der Waals surface area contributed by atoms with E-state index in [-0.39, 0.29) is 17.6 Å². The number of benzene rings is 1. The summed E-state index contributed by atoms with van der Waals surface area (Å²) >= 11 is 0. The summed E-state index contributed by atoms with van der Waals surface area (Å²) < 4.78 is 16.1. The molecular formula is C26H30FN7O2. The second kappa shape index (κ2) is 10.4. The van der Waals surface area contributed by atoms with Crippen LogP contribution in [0, 0.1) is 11.2 Å². The smallest absolute Gasteiger partial charge is 0.242 e. The summed E-state index contributed by atoms with van der Waals surface area (Å²) in [4.78, 5) is 33.1. The summed E-state index contributed by atoms with van der Waals surface area (Å²) in [6.07, 6.45) is 5.89. The van der Waals surface area contributed by atoms with Crippen molar-refractivity contribution in [1.82, 2.24) is 30.6 Å². The number of carbonyl (C=O) groups excluding carboxylic acids is 2. The Bertz CT molecular complexity index is 1210. The minimum atomic E-state index is -0.800. The van der Waals surface area contributed by atoms with Crippen molar-refractivity contribution in [2.24, 2.45) is 5.41 Å². The van der Waals surface area contributed by atoms with Crippen molar-refractivity contribution in [3.63, 3.8) is 0 Å². The van der Waals surface area contributed by atoms with E-state index < -0.39 is 11.5 Å². The van der Waals surface area contributed by atoms with Gasteiger partial charge in [0.05, 0.1) is 11.1 Å². The summed E-state index contributed by atoms with van der Waals surface area (Å²) in [5, 5.41) is 14.6. The second-order valence-electron chi connectivity index (χ2n) is 9.59. The molecule has 5 rings (SSSR count). The minimum absolute atomic E-state index is 0.187. The number of anilines is 1. The molecule has 9 nitrogen and oxygen atoms in total. The van der Waals surface area contributed by atoms with Crippen molar-refractivity contribution in [1.29, 1.82) is 0 Å². The molecule has 0 radical (unpaired) electrons. The van der Waals surface area contributed by atoms with E-state index >= 15 is 0 Å². The lowest BCUT2D eigenvalue weighted by Gasteiger charge is -2.41. The van der Waals surface area contributed by atoms with Crippen molar-refractivity contribution >= 4 is 17.6 Å². The molecule has 4 heterocycles. The van der Waals surface area contributed by atoms with Crippen molar-refractivity contribution < 1.29 is 14.0 Å². The molecule has 188 valence electrons. The first-order valence-corrected chi connectivity index (χ1v) is 12.4. The number of aryl methyl sites for hydroxylation is 1. The van der Waals surface area contributed by atoms with E-state index in [4.69, 9.17) is 0 Å². The second-order valence-corrected chi connectivity index (χ2v) is 9.59. The maximum Gasteiger partial charge on any atom is 0.242 e. The van der Waals surface area contributed by atoms with Crippen LogP contribution in [0.5, 0.6) is 0 Å². The van der Waals surface area contributed by atoms with Gasteiger partial charge in [0.2, 0.25) is 11.8 Å². The first-order valence-electron chi connectivity index (χ1n) is 12.4. The standard InChI is InChI=1S/C26H30FN7O2/c27-21-8-4-11-28-23(21)33-14-9-26(10-15-33)17-20-18-34(32-31-20)13-5-12-29-24(35)22(30-25(26)36)16-19-6-2-1-3-7-19/h1-4,6-8,11,18,22H,5,9-10,12-17H2,(H,29,35)(H,30,36)/t22-/m0/s1. The quantitative estimate of drug-likeness (QED) is 0.580. The zero-order valence-electron chi connectivity index (χ0n) is 20.1. The van der Waals surface area contributed by atoms with E-state index in [9.17, 15) is 14.0 Å². The molecule has 2 aliphatic heterocycles. The fraction of sp³-hybridized carbons (Fsp3) is 0.423. The SMILES string of the molecule is O=C1NCCCn2cc(nn2)CC2(CCN(c3ncccc3F)CC2)C(=O)N[C@H]1Cc1ccccc1. The van der Waals surface area contributed by atoms with E-state index in [0.717, 1.165) is 11.3 Å². The number of hydrogen-bond donors (Lipinski definition) is 2. The maximum atomic E-state index is 14.4. The number of hydrogen-bond acceptors (Lipinski definition) is 6. The van der Waals surface area contributed by atoms with Crippen molar-refractivity contribution in [3.8, 4) is 0 Å². The maximum absolute atomic E-state index is 14.4. The molecule has 2 aliphatic rings. The Morgan fingerprint density at radius 1 is 1.06 bits per heavy atom. The van der Waals surface area contributed by atoms with Gasteiger partial charge in [0.25, 0.3) is 0 Å². The van der Waals surface area contributed by atoms with E-state index in [1.165, 1.54) is 6.07 Å². The number of aromatic nitrogens is 4. The highest BCUT2D eigenvalue weighted by atomic mass is 19.1. The van der Waals surface area contributed by atoms with Crippen molar-refractivity contribution in [2.45, 2.75) is 44.7 Å². The van der Waals surface area contributed by atoms with Gasteiger partial charge in [0.1, 0.15) is 6.04 Å². The minimum Gasteiger partial charge on any atom is -0.354 e. The van der Waals surface area contributed by atoms with Gasteiger partial charge in [0, 0.05) is 51.4 Å². The van der Waals surface area contributed by atoms with Crippen LogP contribution in [-0.2, 0) is 29.0 Å². The van der Waals surface area contributed by atoms with Crippen LogP contribution in [0.4, 0.5) is 10.2 Å². The number of pyridine rings is 1. The Hall–Kier alpha value is -3.82. The Labute approximate surface area is 209 Å². The van der Waals surface area contributed by atoms with Gasteiger partial charge in [-0.05, 0) is 37.0 Å². The molecule has 0 saturated carbocycles. The molecule has 2 N–H and O–H groups in total. The summed E-state index contributed by atoms with van der Waals surface area (Å²) in [6, 6.07) is 11.9. The van der Waals surface area contributed by atoms with Crippen LogP contribution < -0.4 is 15.5 Å². The number of nitrogens with one attached hydrogen (secondary N) is 2. The number of rotatable bonds is 3. The van der Waals surface area contributed by atoms with Crippen LogP contribution in [0.3, 0.4) is 0 Å². The van der Waals surface area contributed by atoms with Crippen LogP contribution >= 0.6 is 0 Å². The predicted molar refractivity (Wildman–Crippen MR) is 132 cm³/mol. The van der Waals surface area contributed by atoms with Gasteiger partial charge in [-0.25, -0.2) is 9.37 Å². The fourth-order valence-electron chi connectivity index (χ4n) is 5.06. The zero-order chi connectivity index (χ0) is 25.0. The number of halogens is 1. The molecule has 1 spiro atoms. The van der Waals surface area contributed by atoms with Crippen molar-refractivity contribution in [2.75, 3.05) is 24.5 Å². The normalized spacial score (nSPS) is 20.6. The van der Waals surface area contributed by atoms with Crippen LogP contribution in [0.1, 0.15) is 30.5 Å². The molecule has 2 amide bonds. The van der Waals surface area contributed by atoms with Crippen LogP contribution in [0.15, 0.2) is 54.9 Å². The highest BCUT2D eigenvalue weighted by molar-refractivity contribution is 5.90. The van der Waals surface area contributed by atoms with Gasteiger partial charge in [-0.3, -0.25) is 14.3 Å². The molecule has 2 bridgehead atoms. The van der Waals surface area contributed by atoms with E-state index in [1.807, 2.05) is 41.4 Å². The molecular weight excluding hydrogens is 461 g/mol. The van der Waals surface area contributed by atoms with Gasteiger partial charge in [-0.2, -0.15) is 0 Å². The van der Waals surface area contributed by atoms with E-state index in [2.05, 4.69) is 25.9 Å². The monoisotopic (exact) mass is 491 g/mol. The number of nitrogens with zero attached hydrogens (tertiary/aromatic N) is 5. The lowest BCUT2D eigenvalue weighted by atomic mass is 9.73. The van der Waals surface area contributed by atoms with Gasteiger partial charge in [0.15, 0.2) is 11.6 Å². The summed E-state index contributed by atoms with van der Waals surface area (Å²) in [5.74, 6) is -0.471. The topological polar surface area (TPSA) is 105 Å². The van der Waals surface area contributed by atoms with E-state index in [0.29, 0.717) is 64.1 Å². The van der Waals surface area contributed by atoms with Crippen molar-refractivity contribution in [3.05, 3.63) is 71.9 Å². The first kappa shape index (κ1) is 23.9. The van der Waals surface area contributed by atoms with Crippen LogP contribution in [-0.4, -0.2) is 57.5 Å². The highest BCUT2D eigenvalue weighted by Crippen LogP contribution is 2.37. The first-order chi connectivity index (χ1) is 17.5. The summed E-state index contributed by atoms with van der Waals surface area (Å²) in [5.41, 5.74) is 0.908. The Balaban J connectivity index is 1.42. The predicted octanol–water partition coefficient (Wildman–Crippen LogP) is 1.89. The lowest BCUT2D eigenvalue weighted by Crippen LogP contribution is -2.56. The molecule has 36 heavy (non-hydrogen) atoms. The number of piperidine rings is 1. The largest absolute Gasteiger partial charge is 0.354 e. The molecule has 2 aromatic heterocycles. The molecule has 0 aliphatic carbocycles. The fourth-order valence-corrected chi connectivity index (χ4v) is 5.06. The van der Waals surface area contributed by atoms with Crippen LogP contribution in [0.2, 0.25) is 0 Å². The molecule has 0 unspecified atom stereocenters. The van der Waals surface area contributed by atoms with Crippen LogP contribution in [0.25, 0.3) is 0 Å². The molecule has 10 heteroatoms. The zero-order valence-corrected chi connectivity index (χ0v) is 20.1. The lowest BCUT2D eigenvalue weighted by molar-refractivity contribution is -0.136.